The summed E-state index contributed by atoms with van der Waals surface area (Å²) in [7, 11) is 0. The van der Waals surface area contributed by atoms with Gasteiger partial charge in [0.15, 0.2) is 0 Å². The van der Waals surface area contributed by atoms with E-state index in [2.05, 4.69) is 9.88 Å². The lowest BCUT2D eigenvalue weighted by Gasteiger charge is -2.36. The molecule has 2 heterocycles. The van der Waals surface area contributed by atoms with Gasteiger partial charge < -0.3 is 15.4 Å². The van der Waals surface area contributed by atoms with E-state index in [1.54, 1.807) is 6.07 Å². The first kappa shape index (κ1) is 22.6. The third-order valence-electron chi connectivity index (χ3n) is 5.67. The lowest BCUT2D eigenvalue weighted by atomic mass is 9.87. The Labute approximate surface area is 176 Å². The molecule has 1 aromatic carbocycles. The molecule has 0 saturated carbocycles. The number of halogens is 3. The Kier molecular flexibility index (Phi) is 7.72. The summed E-state index contributed by atoms with van der Waals surface area (Å²) in [6.45, 7) is 5.55. The summed E-state index contributed by atoms with van der Waals surface area (Å²) in [6.07, 6.45) is -0.696. The van der Waals surface area contributed by atoms with Crippen LogP contribution in [0.4, 0.5) is 13.2 Å². The van der Waals surface area contributed by atoms with Gasteiger partial charge in [-0.25, -0.2) is 4.98 Å². The second kappa shape index (κ2) is 10.3. The first-order valence-electron chi connectivity index (χ1n) is 10.6. The van der Waals surface area contributed by atoms with Crippen LogP contribution in [0, 0.1) is 12.8 Å². The van der Waals surface area contributed by atoms with Gasteiger partial charge in [0.2, 0.25) is 5.88 Å². The summed E-state index contributed by atoms with van der Waals surface area (Å²) in [4.78, 5) is 6.86. The van der Waals surface area contributed by atoms with Crippen LogP contribution in [-0.4, -0.2) is 36.1 Å². The van der Waals surface area contributed by atoms with Crippen molar-refractivity contribution in [2.24, 2.45) is 11.7 Å². The van der Waals surface area contributed by atoms with E-state index in [1.807, 2.05) is 19.1 Å². The van der Waals surface area contributed by atoms with Crippen molar-refractivity contribution in [2.75, 3.05) is 26.2 Å². The molecule has 1 unspecified atom stereocenters. The molecule has 1 fully saturated rings. The highest BCUT2D eigenvalue weighted by atomic mass is 19.4. The minimum absolute atomic E-state index is 0.217. The zero-order chi connectivity index (χ0) is 21.6. The number of aromatic nitrogens is 1. The fourth-order valence-electron chi connectivity index (χ4n) is 3.97. The summed E-state index contributed by atoms with van der Waals surface area (Å²) in [6, 6.07) is 10.9. The number of nitrogens with zero attached hydrogens (tertiary/aromatic N) is 2. The van der Waals surface area contributed by atoms with Crippen molar-refractivity contribution in [3.8, 4) is 5.88 Å². The Morgan fingerprint density at radius 2 is 1.80 bits per heavy atom. The molecule has 1 aliphatic heterocycles. The van der Waals surface area contributed by atoms with E-state index in [-0.39, 0.29) is 12.0 Å². The highest BCUT2D eigenvalue weighted by molar-refractivity contribution is 5.28. The van der Waals surface area contributed by atoms with Crippen LogP contribution in [-0.2, 0) is 6.18 Å². The quantitative estimate of drug-likeness (QED) is 0.611. The largest absolute Gasteiger partial charge is 0.469 e. The predicted molar refractivity (Wildman–Crippen MR) is 111 cm³/mol. The maximum absolute atomic E-state index is 13.0. The molecule has 164 valence electrons. The third kappa shape index (κ3) is 6.19. The lowest BCUT2D eigenvalue weighted by Crippen LogP contribution is -2.37. The van der Waals surface area contributed by atoms with Crippen molar-refractivity contribution in [3.05, 3.63) is 59.3 Å². The molecule has 0 bridgehead atoms. The van der Waals surface area contributed by atoms with Crippen molar-refractivity contribution in [2.45, 2.75) is 44.9 Å². The lowest BCUT2D eigenvalue weighted by molar-refractivity contribution is -0.137. The number of benzene rings is 1. The first-order valence-corrected chi connectivity index (χ1v) is 10.6. The van der Waals surface area contributed by atoms with Crippen LogP contribution in [0.15, 0.2) is 42.5 Å². The highest BCUT2D eigenvalue weighted by Crippen LogP contribution is 2.36. The molecule has 30 heavy (non-hydrogen) atoms. The molecule has 4 nitrogen and oxygen atoms in total. The normalized spacial score (nSPS) is 17.1. The monoisotopic (exact) mass is 421 g/mol. The Balaban J connectivity index is 1.75. The van der Waals surface area contributed by atoms with E-state index in [0.29, 0.717) is 12.4 Å². The molecule has 0 radical (unpaired) electrons. The maximum Gasteiger partial charge on any atom is 0.416 e. The standard InChI is InChI=1S/C23H30F3N3O/c1-17-5-4-6-21(28-17)30-22(18-7-9-20(10-8-18)23(24,25)26)19-11-15-29(16-12-19)14-3-2-13-27/h4-10,19,22H,2-3,11-16,27H2,1H3. The molecular formula is C23H30F3N3O. The number of hydrogen-bond donors (Lipinski definition) is 1. The van der Waals surface area contributed by atoms with Gasteiger partial charge in [0, 0.05) is 17.7 Å². The minimum Gasteiger partial charge on any atom is -0.469 e. The van der Waals surface area contributed by atoms with E-state index in [4.69, 9.17) is 10.5 Å². The average Bonchev–Trinajstić information content (AvgIpc) is 2.72. The number of pyridine rings is 1. The average molecular weight is 422 g/mol. The summed E-state index contributed by atoms with van der Waals surface area (Å²) in [5, 5.41) is 0. The van der Waals surface area contributed by atoms with E-state index in [1.165, 1.54) is 12.1 Å². The first-order chi connectivity index (χ1) is 14.4. The van der Waals surface area contributed by atoms with Gasteiger partial charge >= 0.3 is 6.18 Å². The third-order valence-corrected chi connectivity index (χ3v) is 5.67. The van der Waals surface area contributed by atoms with Gasteiger partial charge in [-0.15, -0.1) is 0 Å². The van der Waals surface area contributed by atoms with Crippen LogP contribution in [0.1, 0.15) is 48.6 Å². The topological polar surface area (TPSA) is 51.4 Å². The SMILES string of the molecule is Cc1cccc(OC(c2ccc(C(F)(F)F)cc2)C2CCN(CCCCN)CC2)n1. The van der Waals surface area contributed by atoms with Gasteiger partial charge in [-0.2, -0.15) is 13.2 Å². The van der Waals surface area contributed by atoms with Gasteiger partial charge in [0.25, 0.3) is 0 Å². The zero-order valence-electron chi connectivity index (χ0n) is 17.4. The van der Waals surface area contributed by atoms with Crippen molar-refractivity contribution >= 4 is 0 Å². The molecule has 0 aliphatic carbocycles. The summed E-state index contributed by atoms with van der Waals surface area (Å²) in [5.74, 6) is 0.722. The highest BCUT2D eigenvalue weighted by Gasteiger charge is 2.32. The van der Waals surface area contributed by atoms with Crippen molar-refractivity contribution in [1.82, 2.24) is 9.88 Å². The number of ether oxygens (including phenoxy) is 1. The molecule has 1 aromatic heterocycles. The number of rotatable bonds is 8. The second-order valence-electron chi connectivity index (χ2n) is 7.95. The van der Waals surface area contributed by atoms with Crippen LogP contribution in [0.3, 0.4) is 0 Å². The van der Waals surface area contributed by atoms with Gasteiger partial charge in [-0.05, 0) is 82.5 Å². The van der Waals surface area contributed by atoms with Crippen molar-refractivity contribution in [1.29, 1.82) is 0 Å². The Morgan fingerprint density at radius 3 is 2.40 bits per heavy atom. The number of nitrogens with two attached hydrogens (primary N) is 1. The van der Waals surface area contributed by atoms with Crippen LogP contribution in [0.5, 0.6) is 5.88 Å². The van der Waals surface area contributed by atoms with Crippen LogP contribution in [0.25, 0.3) is 0 Å². The molecule has 1 aliphatic rings. The van der Waals surface area contributed by atoms with E-state index in [9.17, 15) is 13.2 Å². The van der Waals surface area contributed by atoms with Gasteiger partial charge in [0.1, 0.15) is 6.10 Å². The van der Waals surface area contributed by atoms with Crippen molar-refractivity contribution < 1.29 is 17.9 Å². The van der Waals surface area contributed by atoms with Crippen LogP contribution >= 0.6 is 0 Å². The number of aryl methyl sites for hydroxylation is 1. The summed E-state index contributed by atoms with van der Waals surface area (Å²) >= 11 is 0. The fourth-order valence-corrected chi connectivity index (χ4v) is 3.97. The predicted octanol–water partition coefficient (Wildman–Crippen LogP) is 4.98. The van der Waals surface area contributed by atoms with Gasteiger partial charge in [-0.3, -0.25) is 0 Å². The summed E-state index contributed by atoms with van der Waals surface area (Å²) < 4.78 is 45.2. The summed E-state index contributed by atoms with van der Waals surface area (Å²) in [5.41, 5.74) is 6.53. The number of likely N-dealkylation sites (tertiary alicyclic amines) is 1. The molecular weight excluding hydrogens is 391 g/mol. The molecule has 1 atom stereocenters. The molecule has 3 rings (SSSR count). The number of unbranched alkanes of at least 4 members (excludes halogenated alkanes) is 1. The molecule has 0 amide bonds. The van der Waals surface area contributed by atoms with E-state index in [0.717, 1.165) is 68.7 Å². The number of piperidine rings is 1. The number of hydrogen-bond acceptors (Lipinski definition) is 4. The van der Waals surface area contributed by atoms with Crippen molar-refractivity contribution in [3.63, 3.8) is 0 Å². The van der Waals surface area contributed by atoms with E-state index >= 15 is 0 Å². The number of alkyl halides is 3. The van der Waals surface area contributed by atoms with Crippen LogP contribution in [0.2, 0.25) is 0 Å². The fraction of sp³-hybridized carbons (Fsp3) is 0.522. The molecule has 2 N–H and O–H groups in total. The molecule has 1 saturated heterocycles. The molecule has 7 heteroatoms. The van der Waals surface area contributed by atoms with Gasteiger partial charge in [0.05, 0.1) is 5.56 Å². The second-order valence-corrected chi connectivity index (χ2v) is 7.95. The minimum atomic E-state index is -4.35. The molecule has 2 aromatic rings. The Hall–Kier alpha value is -2.12. The Bertz CT molecular complexity index is 787. The van der Waals surface area contributed by atoms with Crippen LogP contribution < -0.4 is 10.5 Å². The molecule has 0 spiro atoms. The van der Waals surface area contributed by atoms with Gasteiger partial charge in [-0.1, -0.05) is 18.2 Å². The Morgan fingerprint density at radius 1 is 1.10 bits per heavy atom. The smallest absolute Gasteiger partial charge is 0.416 e. The zero-order valence-corrected chi connectivity index (χ0v) is 17.4. The van der Waals surface area contributed by atoms with E-state index < -0.39 is 11.7 Å². The maximum atomic E-state index is 13.0.